The number of rotatable bonds is 4. The van der Waals surface area contributed by atoms with E-state index in [4.69, 9.17) is 5.26 Å². The van der Waals surface area contributed by atoms with Crippen molar-refractivity contribution in [1.82, 2.24) is 0 Å². The minimum absolute atomic E-state index is 0.0841. The topological polar surface area (TPSA) is 59.3 Å². The van der Waals surface area contributed by atoms with E-state index < -0.39 is 35.9 Å². The summed E-state index contributed by atoms with van der Waals surface area (Å²) in [5.41, 5.74) is -0.964. The van der Waals surface area contributed by atoms with Crippen LogP contribution in [0.3, 0.4) is 0 Å². The van der Waals surface area contributed by atoms with Crippen molar-refractivity contribution in [3.8, 4) is 11.8 Å². The van der Waals surface area contributed by atoms with Gasteiger partial charge in [0.1, 0.15) is 17.4 Å². The lowest BCUT2D eigenvalue weighted by Gasteiger charge is -2.12. The van der Waals surface area contributed by atoms with Crippen molar-refractivity contribution in [2.45, 2.75) is 19.7 Å². The minimum Gasteiger partial charge on any atom is -0.466 e. The normalized spacial score (nSPS) is 10.8. The Morgan fingerprint density at radius 3 is 2.55 bits per heavy atom. The molecule has 0 fully saturated rings. The van der Waals surface area contributed by atoms with E-state index in [1.807, 2.05) is 0 Å². The predicted octanol–water partition coefficient (Wildman–Crippen LogP) is 2.70. The molecule has 8 heteroatoms. The maximum absolute atomic E-state index is 13.5. The third-order valence-corrected chi connectivity index (χ3v) is 2.11. The summed E-state index contributed by atoms with van der Waals surface area (Å²) >= 11 is 0. The number of esters is 1. The van der Waals surface area contributed by atoms with Crippen LogP contribution in [0.15, 0.2) is 12.1 Å². The fourth-order valence-corrected chi connectivity index (χ4v) is 1.43. The summed E-state index contributed by atoms with van der Waals surface area (Å²) in [6.45, 7) is 1.64. The summed E-state index contributed by atoms with van der Waals surface area (Å²) in [4.78, 5) is 11.2. The third-order valence-electron chi connectivity index (χ3n) is 2.11. The Balaban J connectivity index is 3.12. The van der Waals surface area contributed by atoms with Crippen molar-refractivity contribution >= 4 is 5.97 Å². The van der Waals surface area contributed by atoms with Gasteiger partial charge in [0.05, 0.1) is 13.0 Å². The Bertz CT molecular complexity index is 549. The zero-order chi connectivity index (χ0) is 15.3. The second kappa shape index (κ2) is 6.23. The molecule has 0 amide bonds. The number of nitrogens with zero attached hydrogens (tertiary/aromatic N) is 1. The molecule has 0 radical (unpaired) electrons. The molecule has 1 rings (SSSR count). The quantitative estimate of drug-likeness (QED) is 0.632. The maximum Gasteiger partial charge on any atom is 0.573 e. The van der Waals surface area contributed by atoms with Crippen molar-refractivity contribution in [1.29, 1.82) is 5.26 Å². The Morgan fingerprint density at radius 2 is 2.05 bits per heavy atom. The molecule has 0 aromatic heterocycles. The van der Waals surface area contributed by atoms with Gasteiger partial charge in [-0.2, -0.15) is 5.26 Å². The molecule has 0 spiro atoms. The van der Waals surface area contributed by atoms with E-state index in [0.717, 1.165) is 12.1 Å². The van der Waals surface area contributed by atoms with Gasteiger partial charge >= 0.3 is 12.3 Å². The highest BCUT2D eigenvalue weighted by Gasteiger charge is 2.33. The van der Waals surface area contributed by atoms with Crippen LogP contribution in [0.1, 0.15) is 18.1 Å². The zero-order valence-corrected chi connectivity index (χ0v) is 10.3. The van der Waals surface area contributed by atoms with Crippen LogP contribution < -0.4 is 4.74 Å². The van der Waals surface area contributed by atoms with Crippen LogP contribution >= 0.6 is 0 Å². The molecule has 0 atom stereocenters. The molecule has 1 aromatic carbocycles. The lowest BCUT2D eigenvalue weighted by molar-refractivity contribution is -0.274. The van der Waals surface area contributed by atoms with Crippen LogP contribution in [0.5, 0.6) is 5.75 Å². The second-order valence-electron chi connectivity index (χ2n) is 3.59. The van der Waals surface area contributed by atoms with Crippen LogP contribution in [0.25, 0.3) is 0 Å². The largest absolute Gasteiger partial charge is 0.573 e. The van der Waals surface area contributed by atoms with Gasteiger partial charge in [0.25, 0.3) is 0 Å². The number of hydrogen-bond acceptors (Lipinski definition) is 4. The van der Waals surface area contributed by atoms with Crippen LogP contribution in [0, 0.1) is 17.1 Å². The van der Waals surface area contributed by atoms with Gasteiger partial charge in [0.2, 0.25) is 0 Å². The van der Waals surface area contributed by atoms with E-state index in [1.165, 1.54) is 6.07 Å². The zero-order valence-electron chi connectivity index (χ0n) is 10.3. The molecule has 0 aliphatic heterocycles. The predicted molar refractivity (Wildman–Crippen MR) is 58.1 cm³/mol. The fraction of sp³-hybridized carbons (Fsp3) is 0.333. The first-order valence-corrected chi connectivity index (χ1v) is 5.40. The van der Waals surface area contributed by atoms with E-state index in [1.54, 1.807) is 6.92 Å². The lowest BCUT2D eigenvalue weighted by atomic mass is 10.1. The summed E-state index contributed by atoms with van der Waals surface area (Å²) in [5, 5.41) is 8.62. The van der Waals surface area contributed by atoms with Crippen LogP contribution in [0.2, 0.25) is 0 Å². The highest BCUT2D eigenvalue weighted by Crippen LogP contribution is 2.29. The highest BCUT2D eigenvalue weighted by molar-refractivity contribution is 5.73. The number of nitriles is 1. The van der Waals surface area contributed by atoms with E-state index in [-0.39, 0.29) is 12.2 Å². The first-order valence-electron chi connectivity index (χ1n) is 5.40. The molecule has 108 valence electrons. The van der Waals surface area contributed by atoms with Gasteiger partial charge in [-0.25, -0.2) is 4.39 Å². The summed E-state index contributed by atoms with van der Waals surface area (Å²) in [6.07, 6.45) is -5.49. The van der Waals surface area contributed by atoms with Gasteiger partial charge < -0.3 is 9.47 Å². The molecule has 20 heavy (non-hydrogen) atoms. The molecule has 1 aromatic rings. The first-order chi connectivity index (χ1) is 9.26. The Labute approximate surface area is 111 Å². The lowest BCUT2D eigenvalue weighted by Crippen LogP contribution is -2.18. The van der Waals surface area contributed by atoms with E-state index >= 15 is 0 Å². The molecular weight excluding hydrogens is 282 g/mol. The van der Waals surface area contributed by atoms with Crippen molar-refractivity contribution in [2.75, 3.05) is 6.61 Å². The Hall–Kier alpha value is -2.30. The van der Waals surface area contributed by atoms with Crippen molar-refractivity contribution < 1.29 is 31.8 Å². The monoisotopic (exact) mass is 291 g/mol. The van der Waals surface area contributed by atoms with E-state index in [0.29, 0.717) is 0 Å². The number of alkyl halides is 3. The molecule has 4 nitrogen and oxygen atoms in total. The second-order valence-corrected chi connectivity index (χ2v) is 3.59. The van der Waals surface area contributed by atoms with Gasteiger partial charge in [-0.15, -0.1) is 13.2 Å². The number of carbonyl (C=O) groups is 1. The third kappa shape index (κ3) is 4.42. The molecule has 0 bridgehead atoms. The van der Waals surface area contributed by atoms with Crippen molar-refractivity contribution in [3.05, 3.63) is 29.1 Å². The number of ether oxygens (including phenoxy) is 2. The van der Waals surface area contributed by atoms with Gasteiger partial charge in [-0.1, -0.05) is 0 Å². The first kappa shape index (κ1) is 15.8. The van der Waals surface area contributed by atoms with Crippen molar-refractivity contribution in [3.63, 3.8) is 0 Å². The van der Waals surface area contributed by atoms with Gasteiger partial charge in [0.15, 0.2) is 5.75 Å². The van der Waals surface area contributed by atoms with Gasteiger partial charge in [-0.3, -0.25) is 4.79 Å². The molecule has 0 N–H and O–H groups in total. The minimum atomic E-state index is -5.07. The number of benzene rings is 1. The average Bonchev–Trinajstić information content (AvgIpc) is 2.26. The summed E-state index contributed by atoms with van der Waals surface area (Å²) in [5.74, 6) is -2.91. The summed E-state index contributed by atoms with van der Waals surface area (Å²) < 4.78 is 58.1. The van der Waals surface area contributed by atoms with Crippen LogP contribution in [0.4, 0.5) is 17.6 Å². The van der Waals surface area contributed by atoms with E-state index in [2.05, 4.69) is 9.47 Å². The maximum atomic E-state index is 13.5. The molecule has 0 unspecified atom stereocenters. The molecule has 0 aliphatic carbocycles. The average molecular weight is 291 g/mol. The fourth-order valence-electron chi connectivity index (χ4n) is 1.43. The van der Waals surface area contributed by atoms with Crippen LogP contribution in [-0.2, 0) is 16.0 Å². The Kier molecular flexibility index (Phi) is 4.91. The standard InChI is InChI=1S/C12H9F4NO3/c1-2-19-11(18)5-7-3-9(13)8(6-17)10(4-7)20-12(14,15)16/h3-4H,2,5H2,1H3. The molecular formula is C12H9F4NO3. The number of halogens is 4. The molecule has 0 heterocycles. The van der Waals surface area contributed by atoms with Gasteiger partial charge in [-0.05, 0) is 24.6 Å². The number of hydrogen-bond donors (Lipinski definition) is 0. The molecule has 0 aliphatic rings. The summed E-state index contributed by atoms with van der Waals surface area (Å²) in [7, 11) is 0. The Morgan fingerprint density at radius 1 is 1.40 bits per heavy atom. The smallest absolute Gasteiger partial charge is 0.466 e. The van der Waals surface area contributed by atoms with Crippen molar-refractivity contribution in [2.24, 2.45) is 0 Å². The molecule has 0 saturated heterocycles. The van der Waals surface area contributed by atoms with E-state index in [9.17, 15) is 22.4 Å². The summed E-state index contributed by atoms with van der Waals surface area (Å²) in [6, 6.07) is 2.85. The number of carbonyl (C=O) groups excluding carboxylic acids is 1. The van der Waals surface area contributed by atoms with Gasteiger partial charge in [0, 0.05) is 0 Å². The SMILES string of the molecule is CCOC(=O)Cc1cc(F)c(C#N)c(OC(F)(F)F)c1. The van der Waals surface area contributed by atoms with Crippen LogP contribution in [-0.4, -0.2) is 18.9 Å². The highest BCUT2D eigenvalue weighted by atomic mass is 19.4. The molecule has 0 saturated carbocycles.